The summed E-state index contributed by atoms with van der Waals surface area (Å²) in [5, 5.41) is 1.38. The molecule has 1 aliphatic rings. The summed E-state index contributed by atoms with van der Waals surface area (Å²) in [5.41, 5.74) is 7.85. The molecule has 0 atom stereocenters. The lowest BCUT2D eigenvalue weighted by atomic mass is 10.0. The SMILES string of the molecule is C1=Cc2c(c3ccccc3n2-c2ccc(-c3ccccc3)cc2)CC1. The molecule has 0 saturated carbocycles. The van der Waals surface area contributed by atoms with Crippen LogP contribution < -0.4 is 0 Å². The van der Waals surface area contributed by atoms with Crippen LogP contribution in [0.2, 0.25) is 0 Å². The Balaban J connectivity index is 1.68. The van der Waals surface area contributed by atoms with Gasteiger partial charge in [-0.25, -0.2) is 0 Å². The van der Waals surface area contributed by atoms with Crippen LogP contribution in [0.4, 0.5) is 0 Å². The number of para-hydroxylation sites is 1. The van der Waals surface area contributed by atoms with Gasteiger partial charge in [-0.15, -0.1) is 0 Å². The molecule has 0 spiro atoms. The first-order chi connectivity index (χ1) is 12.4. The lowest BCUT2D eigenvalue weighted by Crippen LogP contribution is -2.00. The summed E-state index contributed by atoms with van der Waals surface area (Å²) < 4.78 is 2.40. The molecule has 1 nitrogen and oxygen atoms in total. The molecule has 0 radical (unpaired) electrons. The van der Waals surface area contributed by atoms with Gasteiger partial charge in [0.25, 0.3) is 0 Å². The van der Waals surface area contributed by atoms with Gasteiger partial charge in [-0.3, -0.25) is 0 Å². The van der Waals surface area contributed by atoms with Gasteiger partial charge in [-0.1, -0.05) is 66.7 Å². The maximum atomic E-state index is 2.40. The van der Waals surface area contributed by atoms with Crippen LogP contribution in [-0.4, -0.2) is 4.57 Å². The number of fused-ring (bicyclic) bond motifs is 3. The summed E-state index contributed by atoms with van der Waals surface area (Å²) in [6, 6.07) is 28.2. The van der Waals surface area contributed by atoms with Crippen LogP contribution in [0.3, 0.4) is 0 Å². The fraction of sp³-hybridized carbons (Fsp3) is 0.0833. The number of benzene rings is 3. The minimum absolute atomic E-state index is 1.13. The Morgan fingerprint density at radius 1 is 0.680 bits per heavy atom. The van der Waals surface area contributed by atoms with E-state index in [-0.39, 0.29) is 0 Å². The second-order valence-corrected chi connectivity index (χ2v) is 6.57. The highest BCUT2D eigenvalue weighted by Crippen LogP contribution is 2.34. The van der Waals surface area contributed by atoms with Crippen molar-refractivity contribution >= 4 is 17.0 Å². The van der Waals surface area contributed by atoms with Gasteiger partial charge in [-0.05, 0) is 53.8 Å². The molecule has 0 aliphatic heterocycles. The molecular weight excluding hydrogens is 302 g/mol. The minimum Gasteiger partial charge on any atom is -0.310 e. The van der Waals surface area contributed by atoms with Gasteiger partial charge in [0.05, 0.1) is 5.52 Å². The normalized spacial score (nSPS) is 13.1. The Kier molecular flexibility index (Phi) is 3.31. The largest absolute Gasteiger partial charge is 0.310 e. The van der Waals surface area contributed by atoms with Gasteiger partial charge in [0.15, 0.2) is 0 Å². The lowest BCUT2D eigenvalue weighted by Gasteiger charge is -2.12. The molecule has 0 saturated heterocycles. The number of hydrogen-bond donors (Lipinski definition) is 0. The first kappa shape index (κ1) is 14.3. The van der Waals surface area contributed by atoms with Gasteiger partial charge in [0, 0.05) is 16.8 Å². The van der Waals surface area contributed by atoms with Gasteiger partial charge >= 0.3 is 0 Å². The fourth-order valence-electron chi connectivity index (χ4n) is 3.90. The van der Waals surface area contributed by atoms with E-state index in [0.29, 0.717) is 0 Å². The van der Waals surface area contributed by atoms with E-state index in [1.165, 1.54) is 39.0 Å². The van der Waals surface area contributed by atoms with E-state index in [1.54, 1.807) is 0 Å². The van der Waals surface area contributed by atoms with Crippen LogP contribution in [-0.2, 0) is 6.42 Å². The lowest BCUT2D eigenvalue weighted by molar-refractivity contribution is 0.967. The molecule has 5 rings (SSSR count). The summed E-state index contributed by atoms with van der Waals surface area (Å²) in [5.74, 6) is 0. The third-order valence-electron chi connectivity index (χ3n) is 5.09. The van der Waals surface area contributed by atoms with Crippen LogP contribution >= 0.6 is 0 Å². The molecule has 0 N–H and O–H groups in total. The first-order valence-corrected chi connectivity index (χ1v) is 8.86. The molecule has 0 fully saturated rings. The molecule has 1 aromatic heterocycles. The second-order valence-electron chi connectivity index (χ2n) is 6.57. The van der Waals surface area contributed by atoms with E-state index in [4.69, 9.17) is 0 Å². The average molecular weight is 321 g/mol. The molecular formula is C24H19N. The fourth-order valence-corrected chi connectivity index (χ4v) is 3.90. The quantitative estimate of drug-likeness (QED) is 0.411. The molecule has 4 aromatic rings. The van der Waals surface area contributed by atoms with E-state index < -0.39 is 0 Å². The minimum atomic E-state index is 1.13. The number of allylic oxidation sites excluding steroid dienone is 1. The Hall–Kier alpha value is -3.06. The Morgan fingerprint density at radius 3 is 2.24 bits per heavy atom. The summed E-state index contributed by atoms with van der Waals surface area (Å²) in [6.45, 7) is 0. The summed E-state index contributed by atoms with van der Waals surface area (Å²) in [6.07, 6.45) is 6.83. The van der Waals surface area contributed by atoms with Crippen molar-refractivity contribution in [3.63, 3.8) is 0 Å². The zero-order valence-corrected chi connectivity index (χ0v) is 14.0. The predicted octanol–water partition coefficient (Wildman–Crippen LogP) is 6.26. The zero-order valence-electron chi connectivity index (χ0n) is 14.0. The van der Waals surface area contributed by atoms with Crippen LogP contribution in [0.25, 0.3) is 33.8 Å². The Morgan fingerprint density at radius 2 is 1.40 bits per heavy atom. The monoisotopic (exact) mass is 321 g/mol. The van der Waals surface area contributed by atoms with E-state index >= 15 is 0 Å². The van der Waals surface area contributed by atoms with Gasteiger partial charge in [0.1, 0.15) is 0 Å². The molecule has 0 unspecified atom stereocenters. The third kappa shape index (κ3) is 2.32. The van der Waals surface area contributed by atoms with Gasteiger partial charge < -0.3 is 4.57 Å². The summed E-state index contributed by atoms with van der Waals surface area (Å²) in [7, 11) is 0. The topological polar surface area (TPSA) is 4.93 Å². The molecule has 1 aliphatic carbocycles. The van der Waals surface area contributed by atoms with E-state index in [2.05, 4.69) is 95.6 Å². The van der Waals surface area contributed by atoms with Crippen molar-refractivity contribution in [2.24, 2.45) is 0 Å². The van der Waals surface area contributed by atoms with Crippen molar-refractivity contribution in [1.82, 2.24) is 4.57 Å². The standard InChI is InChI=1S/C24H19N/c1-2-8-18(9-3-1)19-14-16-20(17-15-19)25-23-12-6-4-10-21(23)22-11-5-7-13-24(22)25/h1-4,6-10,12-17H,5,11H2. The number of aryl methyl sites for hydroxylation is 1. The number of nitrogens with zero attached hydrogens (tertiary/aromatic N) is 1. The van der Waals surface area contributed by atoms with Crippen LogP contribution in [0.15, 0.2) is 84.9 Å². The van der Waals surface area contributed by atoms with Crippen LogP contribution in [0, 0.1) is 0 Å². The first-order valence-electron chi connectivity index (χ1n) is 8.86. The molecule has 3 aromatic carbocycles. The number of aromatic nitrogens is 1. The third-order valence-corrected chi connectivity index (χ3v) is 5.09. The highest BCUT2D eigenvalue weighted by molar-refractivity contribution is 5.90. The maximum absolute atomic E-state index is 2.40. The Bertz CT molecular complexity index is 1070. The van der Waals surface area contributed by atoms with Crippen LogP contribution in [0.5, 0.6) is 0 Å². The zero-order chi connectivity index (χ0) is 16.6. The highest BCUT2D eigenvalue weighted by atomic mass is 15.0. The van der Waals surface area contributed by atoms with E-state index in [0.717, 1.165) is 12.8 Å². The predicted molar refractivity (Wildman–Crippen MR) is 106 cm³/mol. The van der Waals surface area contributed by atoms with E-state index in [1.807, 2.05) is 0 Å². The summed E-state index contributed by atoms with van der Waals surface area (Å²) in [4.78, 5) is 0. The van der Waals surface area contributed by atoms with Crippen molar-refractivity contribution in [3.8, 4) is 16.8 Å². The number of rotatable bonds is 2. The molecule has 120 valence electrons. The van der Waals surface area contributed by atoms with Crippen molar-refractivity contribution in [3.05, 3.63) is 96.2 Å². The van der Waals surface area contributed by atoms with E-state index in [9.17, 15) is 0 Å². The van der Waals surface area contributed by atoms with Crippen molar-refractivity contribution in [2.75, 3.05) is 0 Å². The Labute approximate surface area is 147 Å². The smallest absolute Gasteiger partial charge is 0.0537 e. The number of hydrogen-bond acceptors (Lipinski definition) is 0. The van der Waals surface area contributed by atoms with Crippen LogP contribution in [0.1, 0.15) is 17.7 Å². The van der Waals surface area contributed by atoms with Gasteiger partial charge in [0.2, 0.25) is 0 Å². The average Bonchev–Trinajstić information content (AvgIpc) is 3.03. The highest BCUT2D eigenvalue weighted by Gasteiger charge is 2.17. The maximum Gasteiger partial charge on any atom is 0.0537 e. The van der Waals surface area contributed by atoms with Crippen molar-refractivity contribution in [1.29, 1.82) is 0 Å². The van der Waals surface area contributed by atoms with Crippen molar-refractivity contribution < 1.29 is 0 Å². The van der Waals surface area contributed by atoms with Gasteiger partial charge in [-0.2, -0.15) is 0 Å². The molecule has 1 heteroatoms. The molecule has 25 heavy (non-hydrogen) atoms. The molecule has 0 amide bonds. The second kappa shape index (κ2) is 5.78. The molecule has 1 heterocycles. The summed E-state index contributed by atoms with van der Waals surface area (Å²) >= 11 is 0. The van der Waals surface area contributed by atoms with Crippen molar-refractivity contribution in [2.45, 2.75) is 12.8 Å². The molecule has 0 bridgehead atoms.